The number of halogens is 2. The van der Waals surface area contributed by atoms with Crippen molar-refractivity contribution < 1.29 is 13.6 Å². The fraction of sp³-hybridized carbons (Fsp3) is 0.273. The molecule has 0 aromatic heterocycles. The molecule has 0 saturated heterocycles. The van der Waals surface area contributed by atoms with E-state index in [-0.39, 0.29) is 5.91 Å². The molecule has 7 heteroatoms. The molecule has 0 saturated carbocycles. The first-order chi connectivity index (χ1) is 8.65. The van der Waals surface area contributed by atoms with Crippen LogP contribution in [-0.2, 0) is 4.79 Å². The van der Waals surface area contributed by atoms with Gasteiger partial charge in [0.15, 0.2) is 5.84 Å². The van der Waals surface area contributed by atoms with Crippen molar-refractivity contribution in [1.82, 2.24) is 5.32 Å². The van der Waals surface area contributed by atoms with Gasteiger partial charge in [-0.15, -0.1) is 0 Å². The van der Waals surface area contributed by atoms with Crippen LogP contribution in [0, 0.1) is 0 Å². The van der Waals surface area contributed by atoms with Crippen molar-refractivity contribution in [2.75, 3.05) is 18.4 Å². The molecule has 0 bridgehead atoms. The monoisotopic (exact) mass is 271 g/mol. The first-order valence-corrected chi connectivity index (χ1v) is 6.17. The standard InChI is InChI=1S/C11H11F2N3OS/c12-11(13)18-8-3-1-7(2-4-8)16-10(17)9-14-5-6-15-9/h1-4,11H,5-6H2,(H,14,15)(H,16,17). The van der Waals surface area contributed by atoms with Crippen molar-refractivity contribution >= 4 is 29.2 Å². The van der Waals surface area contributed by atoms with Gasteiger partial charge in [0.1, 0.15) is 0 Å². The van der Waals surface area contributed by atoms with Gasteiger partial charge in [-0.3, -0.25) is 9.79 Å². The molecule has 18 heavy (non-hydrogen) atoms. The maximum atomic E-state index is 12.1. The number of amides is 1. The smallest absolute Gasteiger partial charge is 0.290 e. The van der Waals surface area contributed by atoms with Crippen LogP contribution >= 0.6 is 11.8 Å². The maximum absolute atomic E-state index is 12.1. The molecule has 1 amide bonds. The van der Waals surface area contributed by atoms with Crippen LogP contribution in [0.4, 0.5) is 14.5 Å². The number of thioether (sulfide) groups is 1. The van der Waals surface area contributed by atoms with Gasteiger partial charge in [0, 0.05) is 17.1 Å². The van der Waals surface area contributed by atoms with Gasteiger partial charge in [-0.25, -0.2) is 0 Å². The Kier molecular flexibility index (Phi) is 4.14. The Balaban J connectivity index is 1.95. The summed E-state index contributed by atoms with van der Waals surface area (Å²) in [4.78, 5) is 16.1. The highest BCUT2D eigenvalue weighted by atomic mass is 32.2. The second-order valence-corrected chi connectivity index (χ2v) is 4.58. The van der Waals surface area contributed by atoms with E-state index in [1.807, 2.05) is 0 Å². The van der Waals surface area contributed by atoms with Crippen LogP contribution in [0.3, 0.4) is 0 Å². The highest BCUT2D eigenvalue weighted by Gasteiger charge is 2.14. The Morgan fingerprint density at radius 1 is 1.39 bits per heavy atom. The van der Waals surface area contributed by atoms with Gasteiger partial charge in [-0.05, 0) is 24.3 Å². The SMILES string of the molecule is O=C(Nc1ccc(SC(F)F)cc1)C1=NCCN1. The molecule has 0 aliphatic carbocycles. The number of carbonyl (C=O) groups excluding carboxylic acids is 1. The van der Waals surface area contributed by atoms with E-state index in [4.69, 9.17) is 0 Å². The number of nitrogens with one attached hydrogen (secondary N) is 2. The normalized spacial score (nSPS) is 14.3. The van der Waals surface area contributed by atoms with Gasteiger partial charge in [-0.2, -0.15) is 8.78 Å². The van der Waals surface area contributed by atoms with E-state index in [2.05, 4.69) is 15.6 Å². The van der Waals surface area contributed by atoms with Crippen molar-refractivity contribution in [2.45, 2.75) is 10.7 Å². The summed E-state index contributed by atoms with van der Waals surface area (Å²) >= 11 is 0.469. The summed E-state index contributed by atoms with van der Waals surface area (Å²) in [7, 11) is 0. The number of hydrogen-bond acceptors (Lipinski definition) is 4. The lowest BCUT2D eigenvalue weighted by Gasteiger charge is -2.06. The van der Waals surface area contributed by atoms with Crippen molar-refractivity contribution in [2.24, 2.45) is 4.99 Å². The van der Waals surface area contributed by atoms with Crippen LogP contribution in [0.15, 0.2) is 34.2 Å². The molecule has 4 nitrogen and oxygen atoms in total. The third-order valence-electron chi connectivity index (χ3n) is 2.23. The zero-order chi connectivity index (χ0) is 13.0. The Morgan fingerprint density at radius 2 is 2.11 bits per heavy atom. The van der Waals surface area contributed by atoms with Crippen molar-refractivity contribution in [3.8, 4) is 0 Å². The molecule has 96 valence electrons. The van der Waals surface area contributed by atoms with E-state index in [9.17, 15) is 13.6 Å². The number of hydrogen-bond donors (Lipinski definition) is 2. The summed E-state index contributed by atoms with van der Waals surface area (Å²) in [6.07, 6.45) is 0. The average Bonchev–Trinajstić information content (AvgIpc) is 2.84. The molecular formula is C11H11F2N3OS. The minimum absolute atomic E-state index is 0.307. The Morgan fingerprint density at radius 3 is 2.67 bits per heavy atom. The van der Waals surface area contributed by atoms with Crippen LogP contribution in [0.25, 0.3) is 0 Å². The van der Waals surface area contributed by atoms with Crippen molar-refractivity contribution in [3.63, 3.8) is 0 Å². The molecule has 1 aliphatic heterocycles. The predicted octanol–water partition coefficient (Wildman–Crippen LogP) is 1.94. The molecule has 1 heterocycles. The lowest BCUT2D eigenvalue weighted by atomic mass is 10.3. The number of nitrogens with zero attached hydrogens (tertiary/aromatic N) is 1. The van der Waals surface area contributed by atoms with Crippen LogP contribution < -0.4 is 10.6 Å². The summed E-state index contributed by atoms with van der Waals surface area (Å²) in [6.45, 7) is 1.25. The lowest BCUT2D eigenvalue weighted by Crippen LogP contribution is -2.32. The van der Waals surface area contributed by atoms with Gasteiger partial charge in [0.2, 0.25) is 0 Å². The summed E-state index contributed by atoms with van der Waals surface area (Å²) in [5.41, 5.74) is 0.551. The highest BCUT2D eigenvalue weighted by Crippen LogP contribution is 2.26. The minimum Gasteiger partial charge on any atom is -0.364 e. The number of aliphatic imine (C=N–C) groups is 1. The van der Waals surface area contributed by atoms with E-state index in [1.165, 1.54) is 12.1 Å². The van der Waals surface area contributed by atoms with Crippen LogP contribution in [0.2, 0.25) is 0 Å². The molecule has 0 unspecified atom stereocenters. The van der Waals surface area contributed by atoms with Gasteiger partial charge >= 0.3 is 0 Å². The van der Waals surface area contributed by atoms with E-state index in [0.717, 1.165) is 0 Å². The molecular weight excluding hydrogens is 260 g/mol. The maximum Gasteiger partial charge on any atom is 0.290 e. The van der Waals surface area contributed by atoms with Gasteiger partial charge in [0.05, 0.1) is 6.54 Å². The van der Waals surface area contributed by atoms with E-state index < -0.39 is 5.76 Å². The van der Waals surface area contributed by atoms with Gasteiger partial charge in [0.25, 0.3) is 11.7 Å². The third-order valence-corrected chi connectivity index (χ3v) is 2.95. The quantitative estimate of drug-likeness (QED) is 0.823. The number of benzene rings is 1. The van der Waals surface area contributed by atoms with Crippen LogP contribution in [0.5, 0.6) is 0 Å². The molecule has 0 atom stereocenters. The number of alkyl halides is 2. The summed E-state index contributed by atoms with van der Waals surface area (Å²) in [5.74, 6) is -2.45. The predicted molar refractivity (Wildman–Crippen MR) is 67.2 cm³/mol. The zero-order valence-electron chi connectivity index (χ0n) is 9.32. The fourth-order valence-electron chi connectivity index (χ4n) is 1.46. The van der Waals surface area contributed by atoms with Crippen molar-refractivity contribution in [3.05, 3.63) is 24.3 Å². The second kappa shape index (κ2) is 5.81. The number of carbonyl (C=O) groups is 1. The average molecular weight is 271 g/mol. The number of rotatable bonds is 4. The Hall–Kier alpha value is -1.63. The lowest BCUT2D eigenvalue weighted by molar-refractivity contribution is -0.110. The minimum atomic E-state index is -2.44. The number of anilines is 1. The zero-order valence-corrected chi connectivity index (χ0v) is 10.1. The van der Waals surface area contributed by atoms with E-state index in [1.54, 1.807) is 12.1 Å². The van der Waals surface area contributed by atoms with Crippen molar-refractivity contribution in [1.29, 1.82) is 0 Å². The Labute approximate surface area is 107 Å². The summed E-state index contributed by atoms with van der Waals surface area (Å²) < 4.78 is 24.2. The van der Waals surface area contributed by atoms with Gasteiger partial charge < -0.3 is 10.6 Å². The molecule has 1 aliphatic rings. The molecule has 2 N–H and O–H groups in total. The van der Waals surface area contributed by atoms with Crippen LogP contribution in [-0.4, -0.2) is 30.6 Å². The van der Waals surface area contributed by atoms with E-state index in [0.29, 0.717) is 41.3 Å². The van der Waals surface area contributed by atoms with E-state index >= 15 is 0 Å². The number of amidine groups is 1. The highest BCUT2D eigenvalue weighted by molar-refractivity contribution is 7.99. The first kappa shape index (κ1) is 12.8. The molecule has 0 spiro atoms. The second-order valence-electron chi connectivity index (χ2n) is 3.51. The summed E-state index contributed by atoms with van der Waals surface area (Å²) in [5, 5.41) is 5.48. The molecule has 1 aromatic carbocycles. The third kappa shape index (κ3) is 3.43. The molecule has 0 radical (unpaired) electrons. The molecule has 1 aromatic rings. The largest absolute Gasteiger partial charge is 0.364 e. The fourth-order valence-corrected chi connectivity index (χ4v) is 1.96. The summed E-state index contributed by atoms with van der Waals surface area (Å²) in [6, 6.07) is 6.24. The van der Waals surface area contributed by atoms with Gasteiger partial charge in [-0.1, -0.05) is 11.8 Å². The molecule has 0 fully saturated rings. The topological polar surface area (TPSA) is 53.5 Å². The first-order valence-electron chi connectivity index (χ1n) is 5.30. The Bertz CT molecular complexity index is 462. The molecule has 2 rings (SSSR count). The van der Waals surface area contributed by atoms with Crippen LogP contribution in [0.1, 0.15) is 0 Å².